The molecule has 0 spiro atoms. The van der Waals surface area contributed by atoms with Crippen LogP contribution in [0.3, 0.4) is 0 Å². The molecule has 0 rings (SSSR count). The summed E-state index contributed by atoms with van der Waals surface area (Å²) in [6, 6.07) is 0.424. The number of aliphatic hydroxyl groups is 2. The van der Waals surface area contributed by atoms with E-state index in [9.17, 15) is 10.2 Å². The molecule has 3 heteroatoms. The van der Waals surface area contributed by atoms with Crippen LogP contribution in [-0.4, -0.2) is 46.5 Å². The Morgan fingerprint density at radius 3 is 1.53 bits per heavy atom. The third-order valence-corrected chi connectivity index (χ3v) is 3.05. The number of nitrogens with zero attached hydrogens (tertiary/aromatic N) is 1. The van der Waals surface area contributed by atoms with E-state index in [0.717, 1.165) is 19.3 Å². The number of rotatable bonds is 8. The Morgan fingerprint density at radius 1 is 0.867 bits per heavy atom. The van der Waals surface area contributed by atoms with Crippen molar-refractivity contribution in [1.29, 1.82) is 0 Å². The van der Waals surface area contributed by atoms with Crippen molar-refractivity contribution in [2.45, 2.75) is 65.2 Å². The van der Waals surface area contributed by atoms with E-state index in [4.69, 9.17) is 0 Å². The molecule has 92 valence electrons. The van der Waals surface area contributed by atoms with Crippen LogP contribution in [0.5, 0.6) is 0 Å². The predicted octanol–water partition coefficient (Wildman–Crippen LogP) is 1.63. The molecule has 0 heterocycles. The maximum absolute atomic E-state index is 9.64. The van der Waals surface area contributed by atoms with Crippen LogP contribution in [0.15, 0.2) is 0 Å². The van der Waals surface area contributed by atoms with Gasteiger partial charge in [0.05, 0.1) is 12.2 Å². The van der Waals surface area contributed by atoms with E-state index in [-0.39, 0.29) is 12.2 Å². The first-order valence-electron chi connectivity index (χ1n) is 6.15. The van der Waals surface area contributed by atoms with Gasteiger partial charge in [0.2, 0.25) is 0 Å². The summed E-state index contributed by atoms with van der Waals surface area (Å²) in [5.41, 5.74) is 0. The van der Waals surface area contributed by atoms with Gasteiger partial charge in [-0.15, -0.1) is 0 Å². The van der Waals surface area contributed by atoms with Gasteiger partial charge in [-0.25, -0.2) is 0 Å². The molecule has 0 aromatic heterocycles. The lowest BCUT2D eigenvalue weighted by Gasteiger charge is -2.31. The van der Waals surface area contributed by atoms with Gasteiger partial charge in [-0.2, -0.15) is 0 Å². The highest BCUT2D eigenvalue weighted by molar-refractivity contribution is 4.72. The number of hydrogen-bond donors (Lipinski definition) is 2. The second-order valence-electron chi connectivity index (χ2n) is 4.34. The summed E-state index contributed by atoms with van der Waals surface area (Å²) in [5.74, 6) is 0. The summed E-state index contributed by atoms with van der Waals surface area (Å²) in [5, 5.41) is 19.3. The molecule has 0 aliphatic rings. The molecular weight excluding hydrogens is 190 g/mol. The van der Waals surface area contributed by atoms with Crippen LogP contribution in [0.4, 0.5) is 0 Å². The van der Waals surface area contributed by atoms with E-state index in [1.807, 2.05) is 13.8 Å². The fraction of sp³-hybridized carbons (Fsp3) is 1.00. The lowest BCUT2D eigenvalue weighted by molar-refractivity contribution is 0.0456. The minimum atomic E-state index is -0.275. The Labute approximate surface area is 94.1 Å². The molecule has 0 saturated heterocycles. The molecule has 2 N–H and O–H groups in total. The zero-order chi connectivity index (χ0) is 11.8. The molecule has 0 aliphatic heterocycles. The maximum Gasteiger partial charge on any atom is 0.0664 e. The van der Waals surface area contributed by atoms with Crippen LogP contribution >= 0.6 is 0 Å². The molecule has 3 unspecified atom stereocenters. The first kappa shape index (κ1) is 14.9. The van der Waals surface area contributed by atoms with Gasteiger partial charge in [-0.1, -0.05) is 20.8 Å². The quantitative estimate of drug-likeness (QED) is 0.649. The topological polar surface area (TPSA) is 43.7 Å². The van der Waals surface area contributed by atoms with Gasteiger partial charge in [0.15, 0.2) is 0 Å². The highest BCUT2D eigenvalue weighted by Gasteiger charge is 2.18. The molecule has 3 nitrogen and oxygen atoms in total. The Bertz CT molecular complexity index is 141. The van der Waals surface area contributed by atoms with E-state index >= 15 is 0 Å². The van der Waals surface area contributed by atoms with E-state index in [1.165, 1.54) is 0 Å². The fourth-order valence-corrected chi connectivity index (χ4v) is 1.49. The normalized spacial score (nSPS) is 17.8. The minimum Gasteiger partial charge on any atom is -0.392 e. The van der Waals surface area contributed by atoms with Gasteiger partial charge in [-0.3, -0.25) is 4.90 Å². The van der Waals surface area contributed by atoms with Crippen molar-refractivity contribution in [3.63, 3.8) is 0 Å². The Balaban J connectivity index is 4.17. The summed E-state index contributed by atoms with van der Waals surface area (Å²) in [4.78, 5) is 2.18. The SMILES string of the molecule is CCC(O)CN(CC(O)CC)C(C)CC. The van der Waals surface area contributed by atoms with Crippen LogP contribution in [0.2, 0.25) is 0 Å². The van der Waals surface area contributed by atoms with Crippen LogP contribution in [-0.2, 0) is 0 Å². The molecule has 0 aromatic rings. The maximum atomic E-state index is 9.64. The van der Waals surface area contributed by atoms with Gasteiger partial charge in [-0.05, 0) is 26.2 Å². The molecule has 0 fully saturated rings. The lowest BCUT2D eigenvalue weighted by Crippen LogP contribution is -2.42. The Hall–Kier alpha value is -0.120. The Kier molecular flexibility index (Phi) is 8.02. The standard InChI is InChI=1S/C12H27NO2/c1-5-10(4)13(8-11(14)6-2)9-12(15)7-3/h10-12,14-15H,5-9H2,1-4H3. The van der Waals surface area contributed by atoms with Crippen molar-refractivity contribution in [3.8, 4) is 0 Å². The van der Waals surface area contributed by atoms with Gasteiger partial charge >= 0.3 is 0 Å². The molecule has 0 bridgehead atoms. The van der Waals surface area contributed by atoms with Crippen LogP contribution in [0.25, 0.3) is 0 Å². The average molecular weight is 217 g/mol. The largest absolute Gasteiger partial charge is 0.392 e. The van der Waals surface area contributed by atoms with Crippen molar-refractivity contribution in [1.82, 2.24) is 4.90 Å². The monoisotopic (exact) mass is 217 g/mol. The van der Waals surface area contributed by atoms with E-state index < -0.39 is 0 Å². The molecule has 0 aromatic carbocycles. The summed E-state index contributed by atoms with van der Waals surface area (Å²) in [6.07, 6.45) is 2.04. The molecule has 0 saturated carbocycles. The van der Waals surface area contributed by atoms with Crippen molar-refractivity contribution in [2.24, 2.45) is 0 Å². The van der Waals surface area contributed by atoms with Gasteiger partial charge in [0.25, 0.3) is 0 Å². The third-order valence-electron chi connectivity index (χ3n) is 3.05. The van der Waals surface area contributed by atoms with E-state index in [0.29, 0.717) is 19.1 Å². The van der Waals surface area contributed by atoms with Crippen LogP contribution < -0.4 is 0 Å². The van der Waals surface area contributed by atoms with Crippen molar-refractivity contribution in [2.75, 3.05) is 13.1 Å². The molecular formula is C12H27NO2. The minimum absolute atomic E-state index is 0.275. The Morgan fingerprint density at radius 2 is 1.27 bits per heavy atom. The summed E-state index contributed by atoms with van der Waals surface area (Å²) < 4.78 is 0. The van der Waals surface area contributed by atoms with E-state index in [1.54, 1.807) is 0 Å². The van der Waals surface area contributed by atoms with Gasteiger partial charge < -0.3 is 10.2 Å². The highest BCUT2D eigenvalue weighted by atomic mass is 16.3. The molecule has 0 aliphatic carbocycles. The predicted molar refractivity (Wildman–Crippen MR) is 63.9 cm³/mol. The zero-order valence-corrected chi connectivity index (χ0v) is 10.6. The number of aliphatic hydroxyl groups excluding tert-OH is 2. The second kappa shape index (κ2) is 8.08. The average Bonchev–Trinajstić information content (AvgIpc) is 2.26. The van der Waals surface area contributed by atoms with Crippen molar-refractivity contribution < 1.29 is 10.2 Å². The fourth-order valence-electron chi connectivity index (χ4n) is 1.49. The molecule has 3 atom stereocenters. The second-order valence-corrected chi connectivity index (χ2v) is 4.34. The smallest absolute Gasteiger partial charge is 0.0664 e. The van der Waals surface area contributed by atoms with Gasteiger partial charge in [0, 0.05) is 19.1 Å². The lowest BCUT2D eigenvalue weighted by atomic mass is 10.1. The summed E-state index contributed by atoms with van der Waals surface area (Å²) in [7, 11) is 0. The van der Waals surface area contributed by atoms with Crippen molar-refractivity contribution in [3.05, 3.63) is 0 Å². The molecule has 0 amide bonds. The zero-order valence-electron chi connectivity index (χ0n) is 10.6. The van der Waals surface area contributed by atoms with Crippen LogP contribution in [0.1, 0.15) is 47.0 Å². The first-order valence-corrected chi connectivity index (χ1v) is 6.15. The van der Waals surface area contributed by atoms with Crippen LogP contribution in [0, 0.1) is 0 Å². The number of hydrogen-bond acceptors (Lipinski definition) is 3. The summed E-state index contributed by atoms with van der Waals surface area (Å²) in [6.45, 7) is 9.58. The molecule has 0 radical (unpaired) electrons. The van der Waals surface area contributed by atoms with Crippen molar-refractivity contribution >= 4 is 0 Å². The highest BCUT2D eigenvalue weighted by Crippen LogP contribution is 2.08. The summed E-state index contributed by atoms with van der Waals surface area (Å²) >= 11 is 0. The van der Waals surface area contributed by atoms with Gasteiger partial charge in [0.1, 0.15) is 0 Å². The first-order chi connectivity index (χ1) is 7.04. The third kappa shape index (κ3) is 6.13. The molecule has 15 heavy (non-hydrogen) atoms. The van der Waals surface area contributed by atoms with E-state index in [2.05, 4.69) is 18.7 Å².